The molecule has 1 unspecified atom stereocenters. The molecule has 16 heavy (non-hydrogen) atoms. The van der Waals surface area contributed by atoms with Crippen LogP contribution in [0, 0.1) is 0 Å². The molecule has 88 valence electrons. The Hall–Kier alpha value is 0.500. The third-order valence-electron chi connectivity index (χ3n) is 2.62. The Morgan fingerprint density at radius 3 is 2.50 bits per heavy atom. The van der Waals surface area contributed by atoms with Gasteiger partial charge in [-0.1, -0.05) is 45.3 Å². The fraction of sp³-hybridized carbons (Fsp3) is 0.500. The monoisotopic (exact) mass is 292 g/mol. The van der Waals surface area contributed by atoms with Crippen LogP contribution in [0.25, 0.3) is 0 Å². The second-order valence-electron chi connectivity index (χ2n) is 3.96. The van der Waals surface area contributed by atoms with Gasteiger partial charge in [0.1, 0.15) is 0 Å². The van der Waals surface area contributed by atoms with Crippen molar-refractivity contribution >= 4 is 44.8 Å². The Kier molecular flexibility index (Phi) is 5.21. The molecule has 0 amide bonds. The summed E-state index contributed by atoms with van der Waals surface area (Å²) in [6, 6.07) is 0. The SMILES string of the molecule is ClC1=CC=C(SSC2=CCC(Cl)CC2)CC1. The van der Waals surface area contributed by atoms with Crippen molar-refractivity contribution in [2.24, 2.45) is 0 Å². The summed E-state index contributed by atoms with van der Waals surface area (Å²) in [4.78, 5) is 2.90. The number of hydrogen-bond donors (Lipinski definition) is 0. The van der Waals surface area contributed by atoms with E-state index in [0.717, 1.165) is 37.1 Å². The van der Waals surface area contributed by atoms with Crippen molar-refractivity contribution in [2.45, 2.75) is 37.5 Å². The maximum atomic E-state index is 6.05. The minimum atomic E-state index is 0.352. The lowest BCUT2D eigenvalue weighted by atomic mass is 10.1. The second kappa shape index (κ2) is 6.44. The minimum absolute atomic E-state index is 0.352. The van der Waals surface area contributed by atoms with Crippen LogP contribution in [-0.2, 0) is 0 Å². The van der Waals surface area contributed by atoms with E-state index in [0.29, 0.717) is 5.38 Å². The molecule has 0 aromatic heterocycles. The maximum Gasteiger partial charge on any atom is 0.0374 e. The summed E-state index contributed by atoms with van der Waals surface area (Å²) in [5, 5.41) is 1.32. The highest BCUT2D eigenvalue weighted by Gasteiger charge is 2.13. The Morgan fingerprint density at radius 1 is 1.06 bits per heavy atom. The highest BCUT2D eigenvalue weighted by molar-refractivity contribution is 8.79. The van der Waals surface area contributed by atoms with Crippen LogP contribution in [0.2, 0.25) is 0 Å². The first kappa shape index (κ1) is 12.9. The summed E-state index contributed by atoms with van der Waals surface area (Å²) in [6.45, 7) is 0. The van der Waals surface area contributed by atoms with Crippen molar-refractivity contribution in [1.82, 2.24) is 0 Å². The predicted octanol–water partition coefficient (Wildman–Crippen LogP) is 5.84. The maximum absolute atomic E-state index is 6.05. The van der Waals surface area contributed by atoms with Crippen molar-refractivity contribution in [3.05, 3.63) is 33.1 Å². The van der Waals surface area contributed by atoms with E-state index in [4.69, 9.17) is 23.2 Å². The molecule has 0 aromatic carbocycles. The molecule has 0 saturated carbocycles. The molecule has 0 heterocycles. The molecule has 2 aliphatic carbocycles. The van der Waals surface area contributed by atoms with Crippen molar-refractivity contribution in [3.63, 3.8) is 0 Å². The van der Waals surface area contributed by atoms with Crippen LogP contribution in [-0.4, -0.2) is 5.38 Å². The van der Waals surface area contributed by atoms with Crippen molar-refractivity contribution in [3.8, 4) is 0 Å². The van der Waals surface area contributed by atoms with E-state index in [1.807, 2.05) is 27.7 Å². The fourth-order valence-electron chi connectivity index (χ4n) is 1.62. The first-order valence-electron chi connectivity index (χ1n) is 5.47. The van der Waals surface area contributed by atoms with Crippen LogP contribution >= 0.6 is 44.8 Å². The lowest BCUT2D eigenvalue weighted by Crippen LogP contribution is -2.02. The molecule has 2 aliphatic rings. The van der Waals surface area contributed by atoms with Gasteiger partial charge in [-0.05, 0) is 48.0 Å². The fourth-order valence-corrected chi connectivity index (χ4v) is 4.38. The molecule has 4 heteroatoms. The van der Waals surface area contributed by atoms with Gasteiger partial charge in [-0.2, -0.15) is 0 Å². The van der Waals surface area contributed by atoms with Crippen LogP contribution in [0.3, 0.4) is 0 Å². The van der Waals surface area contributed by atoms with E-state index >= 15 is 0 Å². The normalized spacial score (nSPS) is 25.9. The smallest absolute Gasteiger partial charge is 0.0374 e. The van der Waals surface area contributed by atoms with Crippen LogP contribution in [0.1, 0.15) is 32.1 Å². The summed E-state index contributed by atoms with van der Waals surface area (Å²) in [7, 11) is 3.76. The molecule has 0 fully saturated rings. The number of halogens is 2. The van der Waals surface area contributed by atoms with Gasteiger partial charge < -0.3 is 0 Å². The van der Waals surface area contributed by atoms with Gasteiger partial charge in [0.15, 0.2) is 0 Å². The topological polar surface area (TPSA) is 0 Å². The zero-order chi connectivity index (χ0) is 11.4. The van der Waals surface area contributed by atoms with Gasteiger partial charge in [-0.25, -0.2) is 0 Å². The Bertz CT molecular complexity index is 345. The van der Waals surface area contributed by atoms with E-state index in [-0.39, 0.29) is 0 Å². The first-order chi connectivity index (χ1) is 7.74. The number of hydrogen-bond acceptors (Lipinski definition) is 2. The van der Waals surface area contributed by atoms with E-state index in [9.17, 15) is 0 Å². The molecule has 0 aromatic rings. The summed E-state index contributed by atoms with van der Waals surface area (Å²) < 4.78 is 0. The molecule has 0 radical (unpaired) electrons. The van der Waals surface area contributed by atoms with Crippen LogP contribution in [0.15, 0.2) is 33.1 Å². The zero-order valence-corrected chi connectivity index (χ0v) is 12.1. The minimum Gasteiger partial charge on any atom is -0.123 e. The lowest BCUT2D eigenvalue weighted by Gasteiger charge is -2.16. The van der Waals surface area contributed by atoms with Gasteiger partial charge >= 0.3 is 0 Å². The van der Waals surface area contributed by atoms with Gasteiger partial charge in [0.25, 0.3) is 0 Å². The van der Waals surface area contributed by atoms with Crippen molar-refractivity contribution < 1.29 is 0 Å². The van der Waals surface area contributed by atoms with Gasteiger partial charge in [0.2, 0.25) is 0 Å². The summed E-state index contributed by atoms with van der Waals surface area (Å²) in [5.74, 6) is 0. The third-order valence-corrected chi connectivity index (χ3v) is 6.09. The van der Waals surface area contributed by atoms with Crippen LogP contribution in [0.5, 0.6) is 0 Å². The average molecular weight is 293 g/mol. The highest BCUT2D eigenvalue weighted by atomic mass is 35.5. The molecular weight excluding hydrogens is 279 g/mol. The van der Waals surface area contributed by atoms with Gasteiger partial charge in [0.05, 0.1) is 0 Å². The molecule has 2 rings (SSSR count). The summed E-state index contributed by atoms with van der Waals surface area (Å²) >= 11 is 12.0. The van der Waals surface area contributed by atoms with Crippen molar-refractivity contribution in [1.29, 1.82) is 0 Å². The Balaban J connectivity index is 1.80. The Morgan fingerprint density at radius 2 is 1.88 bits per heavy atom. The molecule has 1 atom stereocenters. The quantitative estimate of drug-likeness (QED) is 0.473. The highest BCUT2D eigenvalue weighted by Crippen LogP contribution is 2.43. The molecule has 0 bridgehead atoms. The summed E-state index contributed by atoms with van der Waals surface area (Å²) in [6.07, 6.45) is 11.8. The standard InChI is InChI=1S/C12H14Cl2S2/c13-9-1-5-11(6-2-9)15-16-12-7-3-10(14)4-8-12/h1,5,7,10H,2-4,6,8H2. The molecule has 0 aliphatic heterocycles. The van der Waals surface area contributed by atoms with E-state index in [1.165, 1.54) is 9.81 Å². The number of rotatable bonds is 3. The zero-order valence-electron chi connectivity index (χ0n) is 8.92. The predicted molar refractivity (Wildman–Crippen MR) is 78.0 cm³/mol. The van der Waals surface area contributed by atoms with Gasteiger partial charge in [-0.15, -0.1) is 11.6 Å². The van der Waals surface area contributed by atoms with E-state index in [2.05, 4.69) is 12.2 Å². The third kappa shape index (κ3) is 4.06. The molecular formula is C12H14Cl2S2. The van der Waals surface area contributed by atoms with E-state index in [1.54, 1.807) is 0 Å². The van der Waals surface area contributed by atoms with Crippen LogP contribution in [0.4, 0.5) is 0 Å². The lowest BCUT2D eigenvalue weighted by molar-refractivity contribution is 0.733. The van der Waals surface area contributed by atoms with E-state index < -0.39 is 0 Å². The van der Waals surface area contributed by atoms with Crippen molar-refractivity contribution in [2.75, 3.05) is 0 Å². The average Bonchev–Trinajstić information content (AvgIpc) is 2.30. The number of alkyl halides is 1. The second-order valence-corrected chi connectivity index (χ2v) is 7.44. The first-order valence-corrected chi connectivity index (χ1v) is 8.43. The largest absolute Gasteiger partial charge is 0.123 e. The van der Waals surface area contributed by atoms with Crippen LogP contribution < -0.4 is 0 Å². The van der Waals surface area contributed by atoms with Gasteiger partial charge in [-0.3, -0.25) is 0 Å². The van der Waals surface area contributed by atoms with Gasteiger partial charge in [0, 0.05) is 10.4 Å². The molecule has 0 N–H and O–H groups in total. The summed E-state index contributed by atoms with van der Waals surface area (Å²) in [5.41, 5.74) is 0. The molecule has 0 saturated heterocycles. The molecule has 0 nitrogen and oxygen atoms in total. The molecule has 0 spiro atoms. The Labute approximate surface area is 115 Å². The number of allylic oxidation sites excluding steroid dienone is 6.